The van der Waals surface area contributed by atoms with Crippen molar-refractivity contribution < 1.29 is 9.47 Å². The Morgan fingerprint density at radius 1 is 1.19 bits per heavy atom. The van der Waals surface area contributed by atoms with Gasteiger partial charge in [0.05, 0.1) is 0 Å². The molecule has 0 saturated heterocycles. The molecule has 16 heavy (non-hydrogen) atoms. The number of hydrogen-bond donors (Lipinski definition) is 0. The lowest BCUT2D eigenvalue weighted by Gasteiger charge is -2.29. The molecule has 0 spiro atoms. The van der Waals surface area contributed by atoms with Crippen molar-refractivity contribution in [3.8, 4) is 0 Å². The molecule has 0 aromatic rings. The molecule has 0 atom stereocenters. The van der Waals surface area contributed by atoms with E-state index in [1.807, 2.05) is 6.08 Å². The van der Waals surface area contributed by atoms with Crippen molar-refractivity contribution in [1.82, 2.24) is 0 Å². The summed E-state index contributed by atoms with van der Waals surface area (Å²) < 4.78 is 11.2. The van der Waals surface area contributed by atoms with Crippen molar-refractivity contribution in [2.75, 3.05) is 13.2 Å². The maximum Gasteiger partial charge on any atom is 0.165 e. The highest BCUT2D eigenvalue weighted by molar-refractivity contribution is 5.38. The van der Waals surface area contributed by atoms with Gasteiger partial charge in [-0.25, -0.2) is 0 Å². The van der Waals surface area contributed by atoms with Crippen molar-refractivity contribution in [1.29, 1.82) is 0 Å². The maximum absolute atomic E-state index is 5.69. The minimum Gasteiger partial charge on any atom is -0.486 e. The quantitative estimate of drug-likeness (QED) is 0.677. The summed E-state index contributed by atoms with van der Waals surface area (Å²) in [4.78, 5) is 0. The molecule has 0 fully saturated rings. The van der Waals surface area contributed by atoms with Gasteiger partial charge in [-0.2, -0.15) is 0 Å². The standard InChI is InChI=1S/C14H20O2/c1-6-8-11(14(3,4)5)13-12(7-2)15-9-10-16-13/h6-8H,1-2,9-10H2,3-5H3/b11-8+. The first-order chi connectivity index (χ1) is 7.50. The van der Waals surface area contributed by atoms with Crippen molar-refractivity contribution in [3.63, 3.8) is 0 Å². The lowest BCUT2D eigenvalue weighted by molar-refractivity contribution is 0.0706. The Hall–Kier alpha value is -1.44. The van der Waals surface area contributed by atoms with E-state index >= 15 is 0 Å². The fourth-order valence-electron chi connectivity index (χ4n) is 1.58. The molecule has 0 aromatic carbocycles. The molecule has 0 saturated carbocycles. The summed E-state index contributed by atoms with van der Waals surface area (Å²) >= 11 is 0. The van der Waals surface area contributed by atoms with Crippen LogP contribution >= 0.6 is 0 Å². The highest BCUT2D eigenvalue weighted by atomic mass is 16.6. The summed E-state index contributed by atoms with van der Waals surface area (Å²) in [6, 6.07) is 0. The van der Waals surface area contributed by atoms with Crippen molar-refractivity contribution in [3.05, 3.63) is 48.5 Å². The van der Waals surface area contributed by atoms with E-state index in [2.05, 4.69) is 33.9 Å². The van der Waals surface area contributed by atoms with Crippen molar-refractivity contribution >= 4 is 0 Å². The van der Waals surface area contributed by atoms with Crippen LogP contribution in [0.4, 0.5) is 0 Å². The molecule has 0 aliphatic carbocycles. The van der Waals surface area contributed by atoms with Gasteiger partial charge in [0, 0.05) is 5.57 Å². The van der Waals surface area contributed by atoms with E-state index in [-0.39, 0.29) is 5.41 Å². The predicted molar refractivity (Wildman–Crippen MR) is 66.9 cm³/mol. The summed E-state index contributed by atoms with van der Waals surface area (Å²) in [5.74, 6) is 1.50. The minimum absolute atomic E-state index is 0.0154. The Bertz CT molecular complexity index is 340. The van der Waals surface area contributed by atoms with Crippen LogP contribution in [0.2, 0.25) is 0 Å². The Balaban J connectivity index is 3.21. The van der Waals surface area contributed by atoms with Crippen LogP contribution in [-0.2, 0) is 9.47 Å². The van der Waals surface area contributed by atoms with Gasteiger partial charge >= 0.3 is 0 Å². The molecule has 0 radical (unpaired) electrons. The van der Waals surface area contributed by atoms with Crippen molar-refractivity contribution in [2.24, 2.45) is 5.41 Å². The zero-order valence-electron chi connectivity index (χ0n) is 10.4. The van der Waals surface area contributed by atoms with Crippen molar-refractivity contribution in [2.45, 2.75) is 20.8 Å². The third-order valence-corrected chi connectivity index (χ3v) is 2.33. The summed E-state index contributed by atoms with van der Waals surface area (Å²) in [6.07, 6.45) is 5.43. The molecule has 88 valence electrons. The Labute approximate surface area is 97.9 Å². The number of ether oxygens (including phenoxy) is 2. The van der Waals surface area contributed by atoms with E-state index < -0.39 is 0 Å². The minimum atomic E-state index is -0.0154. The molecule has 2 nitrogen and oxygen atoms in total. The van der Waals surface area contributed by atoms with E-state index in [1.54, 1.807) is 12.2 Å². The molecular weight excluding hydrogens is 200 g/mol. The van der Waals surface area contributed by atoms with Crippen LogP contribution in [0, 0.1) is 5.41 Å². The second kappa shape index (κ2) is 5.06. The molecule has 1 aliphatic rings. The van der Waals surface area contributed by atoms with Crippen LogP contribution < -0.4 is 0 Å². The molecule has 2 heteroatoms. The Morgan fingerprint density at radius 2 is 1.81 bits per heavy atom. The average Bonchev–Trinajstić information content (AvgIpc) is 2.24. The molecule has 1 heterocycles. The van der Waals surface area contributed by atoms with Crippen LogP contribution in [0.5, 0.6) is 0 Å². The second-order valence-corrected chi connectivity index (χ2v) is 4.66. The molecule has 1 rings (SSSR count). The first-order valence-corrected chi connectivity index (χ1v) is 5.46. The van der Waals surface area contributed by atoms with Crippen LogP contribution in [0.3, 0.4) is 0 Å². The van der Waals surface area contributed by atoms with Crippen LogP contribution in [-0.4, -0.2) is 13.2 Å². The third kappa shape index (κ3) is 2.78. The average molecular weight is 220 g/mol. The largest absolute Gasteiger partial charge is 0.486 e. The summed E-state index contributed by atoms with van der Waals surface area (Å²) in [5, 5.41) is 0. The molecule has 0 aromatic heterocycles. The van der Waals surface area contributed by atoms with E-state index in [1.165, 1.54) is 0 Å². The number of rotatable bonds is 3. The zero-order valence-corrected chi connectivity index (χ0v) is 10.4. The molecule has 0 N–H and O–H groups in total. The predicted octanol–water partition coefficient (Wildman–Crippen LogP) is 3.59. The van der Waals surface area contributed by atoms with Gasteiger partial charge in [-0.1, -0.05) is 46.1 Å². The van der Waals surface area contributed by atoms with Gasteiger partial charge in [0.15, 0.2) is 11.5 Å². The zero-order chi connectivity index (χ0) is 12.2. The van der Waals surface area contributed by atoms with Crippen LogP contribution in [0.25, 0.3) is 0 Å². The molecule has 0 unspecified atom stereocenters. The molecule has 1 aliphatic heterocycles. The number of hydrogen-bond acceptors (Lipinski definition) is 2. The number of allylic oxidation sites excluding steroid dienone is 4. The topological polar surface area (TPSA) is 18.5 Å². The Kier molecular flexibility index (Phi) is 3.99. The normalized spacial score (nSPS) is 17.6. The first-order valence-electron chi connectivity index (χ1n) is 5.46. The van der Waals surface area contributed by atoms with Gasteiger partial charge in [0.1, 0.15) is 13.2 Å². The summed E-state index contributed by atoms with van der Waals surface area (Å²) in [7, 11) is 0. The van der Waals surface area contributed by atoms with E-state index in [0.717, 1.165) is 11.3 Å². The SMILES string of the molecule is C=C/C=C(\C1=C(C=C)OCCO1)C(C)(C)C. The highest BCUT2D eigenvalue weighted by Crippen LogP contribution is 2.35. The van der Waals surface area contributed by atoms with E-state index in [9.17, 15) is 0 Å². The van der Waals surface area contributed by atoms with Gasteiger partial charge in [-0.3, -0.25) is 0 Å². The maximum atomic E-state index is 5.69. The Morgan fingerprint density at radius 3 is 2.31 bits per heavy atom. The van der Waals surface area contributed by atoms with E-state index in [0.29, 0.717) is 19.0 Å². The van der Waals surface area contributed by atoms with Crippen LogP contribution in [0.15, 0.2) is 48.5 Å². The lowest BCUT2D eigenvalue weighted by Crippen LogP contribution is -2.20. The smallest absolute Gasteiger partial charge is 0.165 e. The highest BCUT2D eigenvalue weighted by Gasteiger charge is 2.26. The molecular formula is C14H20O2. The first kappa shape index (κ1) is 12.6. The van der Waals surface area contributed by atoms with Gasteiger partial charge < -0.3 is 9.47 Å². The van der Waals surface area contributed by atoms with Gasteiger partial charge in [-0.05, 0) is 11.5 Å². The van der Waals surface area contributed by atoms with Crippen LogP contribution in [0.1, 0.15) is 20.8 Å². The summed E-state index contributed by atoms with van der Waals surface area (Å²) in [5.41, 5.74) is 1.07. The van der Waals surface area contributed by atoms with E-state index in [4.69, 9.17) is 9.47 Å². The fraction of sp³-hybridized carbons (Fsp3) is 0.429. The molecule has 0 bridgehead atoms. The lowest BCUT2D eigenvalue weighted by atomic mass is 9.84. The summed E-state index contributed by atoms with van der Waals surface area (Å²) in [6.45, 7) is 15.0. The monoisotopic (exact) mass is 220 g/mol. The third-order valence-electron chi connectivity index (χ3n) is 2.33. The van der Waals surface area contributed by atoms with Gasteiger partial charge in [-0.15, -0.1) is 0 Å². The molecule has 0 amide bonds. The van der Waals surface area contributed by atoms with Gasteiger partial charge in [0.2, 0.25) is 0 Å². The fourth-order valence-corrected chi connectivity index (χ4v) is 1.58. The van der Waals surface area contributed by atoms with Gasteiger partial charge in [0.25, 0.3) is 0 Å². The second-order valence-electron chi connectivity index (χ2n) is 4.66.